The second-order valence-corrected chi connectivity index (χ2v) is 8.29. The van der Waals surface area contributed by atoms with Crippen molar-refractivity contribution < 1.29 is 13.5 Å². The zero-order chi connectivity index (χ0) is 22.8. The zero-order valence-corrected chi connectivity index (χ0v) is 18.4. The van der Waals surface area contributed by atoms with Crippen molar-refractivity contribution in [3.05, 3.63) is 72.7 Å². The summed E-state index contributed by atoms with van der Waals surface area (Å²) in [5.41, 5.74) is 2.88. The number of fused-ring (bicyclic) bond motifs is 1. The fraction of sp³-hybridized carbons (Fsp3) is 0.280. The largest absolute Gasteiger partial charge is 0.492 e. The highest BCUT2D eigenvalue weighted by atomic mass is 19.2. The monoisotopic (exact) mass is 449 g/mol. The molecule has 0 atom stereocenters. The number of hydrogen-bond acceptors (Lipinski definition) is 5. The molecule has 8 heteroatoms. The summed E-state index contributed by atoms with van der Waals surface area (Å²) in [5.74, 6) is -0.972. The van der Waals surface area contributed by atoms with Gasteiger partial charge >= 0.3 is 0 Å². The van der Waals surface area contributed by atoms with Gasteiger partial charge < -0.3 is 9.64 Å². The van der Waals surface area contributed by atoms with E-state index in [0.717, 1.165) is 55.7 Å². The average molecular weight is 450 g/mol. The number of benzene rings is 2. The van der Waals surface area contributed by atoms with Crippen molar-refractivity contribution in [3.8, 4) is 28.0 Å². The summed E-state index contributed by atoms with van der Waals surface area (Å²) in [4.78, 5) is 9.22. The zero-order valence-electron chi connectivity index (χ0n) is 18.4. The lowest BCUT2D eigenvalue weighted by Crippen LogP contribution is -2.45. The van der Waals surface area contributed by atoms with Crippen LogP contribution in [-0.2, 0) is 0 Å². The third-order valence-corrected chi connectivity index (χ3v) is 6.06. The van der Waals surface area contributed by atoms with Crippen molar-refractivity contribution in [2.24, 2.45) is 0 Å². The topological polar surface area (TPSA) is 45.9 Å². The molecule has 2 aromatic carbocycles. The van der Waals surface area contributed by atoms with Crippen molar-refractivity contribution in [1.82, 2.24) is 24.4 Å². The van der Waals surface area contributed by atoms with Crippen LogP contribution in [0.25, 0.3) is 27.9 Å². The van der Waals surface area contributed by atoms with Crippen LogP contribution in [0.3, 0.4) is 0 Å². The fourth-order valence-electron chi connectivity index (χ4n) is 4.03. The van der Waals surface area contributed by atoms with Crippen molar-refractivity contribution in [3.63, 3.8) is 0 Å². The Morgan fingerprint density at radius 3 is 2.48 bits per heavy atom. The minimum Gasteiger partial charge on any atom is -0.492 e. The molecule has 1 fully saturated rings. The van der Waals surface area contributed by atoms with Gasteiger partial charge in [0.2, 0.25) is 0 Å². The normalized spacial score (nSPS) is 15.2. The smallest absolute Gasteiger partial charge is 0.166 e. The SMILES string of the molecule is CN1CCN(CCOc2ccc(-c3cnc4c(-c5cccc(F)c5F)cnn4c3)cc2)CC1. The van der Waals surface area contributed by atoms with Crippen LogP contribution in [0.15, 0.2) is 61.1 Å². The summed E-state index contributed by atoms with van der Waals surface area (Å²) in [7, 11) is 2.15. The molecule has 1 aliphatic rings. The Labute approximate surface area is 191 Å². The molecule has 6 nitrogen and oxygen atoms in total. The standard InChI is InChI=1S/C25H25F2N5O/c1-30-9-11-31(12-10-30)13-14-33-20-7-5-18(6-8-20)19-15-28-25-22(16-29-32(25)17-19)21-3-2-4-23(26)24(21)27/h2-8,15-17H,9-14H2,1H3. The summed E-state index contributed by atoms with van der Waals surface area (Å²) in [6.45, 7) is 5.93. The summed E-state index contributed by atoms with van der Waals surface area (Å²) < 4.78 is 35.4. The quantitative estimate of drug-likeness (QED) is 0.446. The molecule has 4 aromatic rings. The van der Waals surface area contributed by atoms with E-state index in [-0.39, 0.29) is 5.56 Å². The van der Waals surface area contributed by atoms with Crippen LogP contribution in [0.5, 0.6) is 5.75 Å². The van der Waals surface area contributed by atoms with Crippen LogP contribution in [0.1, 0.15) is 0 Å². The van der Waals surface area contributed by atoms with Gasteiger partial charge in [-0.15, -0.1) is 0 Å². The van der Waals surface area contributed by atoms with E-state index in [9.17, 15) is 8.78 Å². The van der Waals surface area contributed by atoms with Crippen molar-refractivity contribution in [1.29, 1.82) is 0 Å². The van der Waals surface area contributed by atoms with Crippen molar-refractivity contribution >= 4 is 5.65 Å². The summed E-state index contributed by atoms with van der Waals surface area (Å²) in [6.07, 6.45) is 5.04. The number of likely N-dealkylation sites (N-methyl/N-ethyl adjacent to an activating group) is 1. The van der Waals surface area contributed by atoms with Gasteiger partial charge in [-0.3, -0.25) is 4.90 Å². The number of ether oxygens (including phenoxy) is 1. The predicted octanol–water partition coefficient (Wildman–Crippen LogP) is 3.97. The van der Waals surface area contributed by atoms with E-state index >= 15 is 0 Å². The minimum atomic E-state index is -0.901. The Balaban J connectivity index is 1.27. The van der Waals surface area contributed by atoms with E-state index in [0.29, 0.717) is 17.8 Å². The molecule has 0 spiro atoms. The molecule has 170 valence electrons. The highest BCUT2D eigenvalue weighted by molar-refractivity contribution is 5.78. The van der Waals surface area contributed by atoms with E-state index in [1.165, 1.54) is 18.3 Å². The van der Waals surface area contributed by atoms with Gasteiger partial charge in [-0.25, -0.2) is 18.3 Å². The number of aromatic nitrogens is 3. The second-order valence-electron chi connectivity index (χ2n) is 8.29. The molecule has 1 saturated heterocycles. The van der Waals surface area contributed by atoms with E-state index in [1.54, 1.807) is 10.7 Å². The van der Waals surface area contributed by atoms with Crippen LogP contribution in [0.2, 0.25) is 0 Å². The Kier molecular flexibility index (Phi) is 6.02. The van der Waals surface area contributed by atoms with Gasteiger partial charge in [0.15, 0.2) is 17.3 Å². The fourth-order valence-corrected chi connectivity index (χ4v) is 4.03. The molecule has 2 aromatic heterocycles. The molecule has 0 N–H and O–H groups in total. The molecule has 1 aliphatic heterocycles. The number of hydrogen-bond donors (Lipinski definition) is 0. The van der Waals surface area contributed by atoms with Gasteiger partial charge in [-0.2, -0.15) is 5.10 Å². The molecule has 0 amide bonds. The first-order valence-corrected chi connectivity index (χ1v) is 11.0. The van der Waals surface area contributed by atoms with E-state index in [1.807, 2.05) is 30.5 Å². The molecule has 33 heavy (non-hydrogen) atoms. The van der Waals surface area contributed by atoms with Gasteiger partial charge in [-0.1, -0.05) is 24.3 Å². The van der Waals surface area contributed by atoms with Crippen LogP contribution in [0, 0.1) is 11.6 Å². The molecule has 0 radical (unpaired) electrons. The summed E-state index contributed by atoms with van der Waals surface area (Å²) in [5, 5.41) is 4.29. The van der Waals surface area contributed by atoms with Gasteiger partial charge in [-0.05, 0) is 30.8 Å². The van der Waals surface area contributed by atoms with Gasteiger partial charge in [0.05, 0.1) is 6.20 Å². The molecular weight excluding hydrogens is 424 g/mol. The van der Waals surface area contributed by atoms with Crippen molar-refractivity contribution in [2.75, 3.05) is 46.4 Å². The number of halogens is 2. The van der Waals surface area contributed by atoms with E-state index < -0.39 is 11.6 Å². The van der Waals surface area contributed by atoms with Crippen LogP contribution >= 0.6 is 0 Å². The third kappa shape index (κ3) is 4.58. The molecule has 0 unspecified atom stereocenters. The lowest BCUT2D eigenvalue weighted by Gasteiger charge is -2.32. The molecule has 0 aliphatic carbocycles. The molecule has 3 heterocycles. The molecule has 0 bridgehead atoms. The molecule has 5 rings (SSSR count). The van der Waals surface area contributed by atoms with Crippen molar-refractivity contribution in [2.45, 2.75) is 0 Å². The third-order valence-electron chi connectivity index (χ3n) is 6.06. The van der Waals surface area contributed by atoms with Crippen LogP contribution < -0.4 is 4.74 Å². The van der Waals surface area contributed by atoms with Crippen LogP contribution in [-0.4, -0.2) is 70.8 Å². The minimum absolute atomic E-state index is 0.142. The lowest BCUT2D eigenvalue weighted by atomic mass is 10.1. The highest BCUT2D eigenvalue weighted by Gasteiger charge is 2.16. The average Bonchev–Trinajstić information content (AvgIpc) is 3.26. The van der Waals surface area contributed by atoms with Gasteiger partial charge in [0.25, 0.3) is 0 Å². The highest BCUT2D eigenvalue weighted by Crippen LogP contribution is 2.29. The predicted molar refractivity (Wildman–Crippen MR) is 123 cm³/mol. The molecular formula is C25H25F2N5O. The number of rotatable bonds is 6. The maximum atomic E-state index is 14.2. The van der Waals surface area contributed by atoms with Gasteiger partial charge in [0, 0.05) is 61.8 Å². The first-order chi connectivity index (χ1) is 16.1. The number of piperazine rings is 1. The maximum Gasteiger partial charge on any atom is 0.166 e. The Hall–Kier alpha value is -3.36. The molecule has 0 saturated carbocycles. The maximum absolute atomic E-state index is 14.2. The van der Waals surface area contributed by atoms with E-state index in [4.69, 9.17) is 4.74 Å². The van der Waals surface area contributed by atoms with Gasteiger partial charge in [0.1, 0.15) is 12.4 Å². The summed E-state index contributed by atoms with van der Waals surface area (Å²) >= 11 is 0. The lowest BCUT2D eigenvalue weighted by molar-refractivity contribution is 0.134. The summed E-state index contributed by atoms with van der Waals surface area (Å²) in [6, 6.07) is 11.9. The van der Waals surface area contributed by atoms with E-state index in [2.05, 4.69) is 26.9 Å². The Morgan fingerprint density at radius 2 is 1.70 bits per heavy atom. The second kappa shape index (κ2) is 9.25. The Morgan fingerprint density at radius 1 is 0.909 bits per heavy atom. The first-order valence-electron chi connectivity index (χ1n) is 11.0. The number of nitrogens with zero attached hydrogens (tertiary/aromatic N) is 5. The first kappa shape index (κ1) is 21.5. The van der Waals surface area contributed by atoms with Crippen LogP contribution in [0.4, 0.5) is 8.78 Å². The Bertz CT molecular complexity index is 1250.